The van der Waals surface area contributed by atoms with Gasteiger partial charge in [0.15, 0.2) is 0 Å². The number of hydrogen-bond donors (Lipinski definition) is 0. The third-order valence-electron chi connectivity index (χ3n) is 4.45. The molecule has 1 aromatic carbocycles. The predicted octanol–water partition coefficient (Wildman–Crippen LogP) is 0.803. The van der Waals surface area contributed by atoms with Crippen molar-refractivity contribution in [3.63, 3.8) is 0 Å². The van der Waals surface area contributed by atoms with Crippen molar-refractivity contribution in [1.29, 1.82) is 0 Å². The second-order valence-electron chi connectivity index (χ2n) is 6.22. The summed E-state index contributed by atoms with van der Waals surface area (Å²) in [5, 5.41) is 4.08. The number of nitrogens with zero attached hydrogens (tertiary/aromatic N) is 4. The quantitative estimate of drug-likeness (QED) is 0.817. The summed E-state index contributed by atoms with van der Waals surface area (Å²) in [6.45, 7) is 3.36. The molecule has 0 atom stereocenters. The lowest BCUT2D eigenvalue weighted by Crippen LogP contribution is -2.47. The molecule has 0 unspecified atom stereocenters. The van der Waals surface area contributed by atoms with Crippen LogP contribution in [0.5, 0.6) is 0 Å². The molecule has 126 valence electrons. The van der Waals surface area contributed by atoms with Crippen LogP contribution >= 0.6 is 0 Å². The first kappa shape index (κ1) is 16.2. The largest absolute Gasteiger partial charge is 0.351 e. The van der Waals surface area contributed by atoms with Gasteiger partial charge >= 0.3 is 5.69 Å². The van der Waals surface area contributed by atoms with Crippen LogP contribution < -0.4 is 11.2 Å². The Kier molecular flexibility index (Phi) is 4.33. The van der Waals surface area contributed by atoms with Gasteiger partial charge in [-0.15, -0.1) is 0 Å². The van der Waals surface area contributed by atoms with Crippen LogP contribution in [0.25, 0.3) is 5.69 Å². The van der Waals surface area contributed by atoms with Gasteiger partial charge in [-0.2, -0.15) is 9.78 Å². The van der Waals surface area contributed by atoms with E-state index in [1.54, 1.807) is 29.2 Å². The number of carbonyl (C=O) groups is 1. The van der Waals surface area contributed by atoms with Gasteiger partial charge in [-0.25, -0.2) is 4.79 Å². The molecule has 7 nitrogen and oxygen atoms in total. The lowest BCUT2D eigenvalue weighted by molar-refractivity contribution is 0.0686. The SMILES string of the molecule is CC1CCN(C(=O)c2nn(-c3ccccc3)c(=O)n(C)c2=O)CC1. The van der Waals surface area contributed by atoms with Gasteiger partial charge in [0, 0.05) is 20.1 Å². The van der Waals surface area contributed by atoms with Crippen molar-refractivity contribution >= 4 is 5.91 Å². The summed E-state index contributed by atoms with van der Waals surface area (Å²) in [5.41, 5.74) is -0.930. The molecule has 0 N–H and O–H groups in total. The van der Waals surface area contributed by atoms with Gasteiger partial charge in [0.1, 0.15) is 0 Å². The van der Waals surface area contributed by atoms with E-state index in [4.69, 9.17) is 0 Å². The minimum absolute atomic E-state index is 0.212. The summed E-state index contributed by atoms with van der Waals surface area (Å²) < 4.78 is 2.03. The molecule has 1 fully saturated rings. The van der Waals surface area contributed by atoms with Crippen molar-refractivity contribution in [2.75, 3.05) is 13.1 Å². The van der Waals surface area contributed by atoms with E-state index in [2.05, 4.69) is 12.0 Å². The highest BCUT2D eigenvalue weighted by Crippen LogP contribution is 2.16. The zero-order valence-corrected chi connectivity index (χ0v) is 13.8. The molecular weight excluding hydrogens is 308 g/mol. The van der Waals surface area contributed by atoms with Crippen molar-refractivity contribution in [2.24, 2.45) is 13.0 Å². The Labute approximate surface area is 139 Å². The zero-order chi connectivity index (χ0) is 17.3. The Balaban J connectivity index is 2.05. The van der Waals surface area contributed by atoms with Crippen LogP contribution in [0.1, 0.15) is 30.3 Å². The van der Waals surface area contributed by atoms with E-state index < -0.39 is 17.2 Å². The number of hydrogen-bond acceptors (Lipinski definition) is 4. The van der Waals surface area contributed by atoms with Crippen molar-refractivity contribution < 1.29 is 4.79 Å². The van der Waals surface area contributed by atoms with Crippen LogP contribution in [-0.4, -0.2) is 38.2 Å². The maximum Gasteiger partial charge on any atom is 0.351 e. The van der Waals surface area contributed by atoms with E-state index in [9.17, 15) is 14.4 Å². The van der Waals surface area contributed by atoms with Crippen molar-refractivity contribution in [2.45, 2.75) is 19.8 Å². The third-order valence-corrected chi connectivity index (χ3v) is 4.45. The van der Waals surface area contributed by atoms with Gasteiger partial charge in [0.05, 0.1) is 5.69 Å². The highest BCUT2D eigenvalue weighted by molar-refractivity contribution is 5.91. The Morgan fingerprint density at radius 1 is 1.12 bits per heavy atom. The van der Waals surface area contributed by atoms with E-state index in [0.717, 1.165) is 22.1 Å². The molecule has 0 saturated carbocycles. The first-order chi connectivity index (χ1) is 11.5. The lowest BCUT2D eigenvalue weighted by atomic mass is 9.99. The van der Waals surface area contributed by atoms with E-state index in [-0.39, 0.29) is 5.69 Å². The molecule has 1 aliphatic rings. The minimum Gasteiger partial charge on any atom is -0.337 e. The van der Waals surface area contributed by atoms with E-state index in [0.29, 0.717) is 24.7 Å². The summed E-state index contributed by atoms with van der Waals surface area (Å²) in [6.07, 6.45) is 1.81. The maximum absolute atomic E-state index is 12.7. The maximum atomic E-state index is 12.7. The van der Waals surface area contributed by atoms with E-state index in [1.807, 2.05) is 6.07 Å². The third kappa shape index (κ3) is 2.89. The second-order valence-corrected chi connectivity index (χ2v) is 6.22. The van der Waals surface area contributed by atoms with E-state index in [1.165, 1.54) is 7.05 Å². The van der Waals surface area contributed by atoms with Crippen LogP contribution in [0, 0.1) is 5.92 Å². The van der Waals surface area contributed by atoms with E-state index >= 15 is 0 Å². The Hall–Kier alpha value is -2.70. The van der Waals surface area contributed by atoms with Crippen molar-refractivity contribution in [1.82, 2.24) is 19.2 Å². The molecule has 0 bridgehead atoms. The number of benzene rings is 1. The number of piperidine rings is 1. The summed E-state index contributed by atoms with van der Waals surface area (Å²) in [5.74, 6) is 0.162. The number of carbonyl (C=O) groups excluding carboxylic acids is 1. The van der Waals surface area contributed by atoms with Crippen LogP contribution in [0.15, 0.2) is 39.9 Å². The molecule has 1 amide bonds. The molecule has 0 radical (unpaired) electrons. The molecule has 2 aromatic rings. The van der Waals surface area contributed by atoms with Gasteiger partial charge < -0.3 is 4.90 Å². The fraction of sp³-hybridized carbons (Fsp3) is 0.412. The highest BCUT2D eigenvalue weighted by Gasteiger charge is 2.26. The summed E-state index contributed by atoms with van der Waals surface area (Å²) in [7, 11) is 1.36. The summed E-state index contributed by atoms with van der Waals surface area (Å²) in [4.78, 5) is 39.0. The van der Waals surface area contributed by atoms with Crippen LogP contribution in [0.3, 0.4) is 0 Å². The molecule has 1 saturated heterocycles. The number of likely N-dealkylation sites (tertiary alicyclic amines) is 1. The molecular formula is C17H20N4O3. The second kappa shape index (κ2) is 6.43. The number of amides is 1. The monoisotopic (exact) mass is 328 g/mol. The number of rotatable bonds is 2. The van der Waals surface area contributed by atoms with Gasteiger partial charge in [-0.3, -0.25) is 14.2 Å². The standard InChI is InChI=1S/C17H20N4O3/c1-12-8-10-20(11-9-12)16(23)14-15(22)19(2)17(24)21(18-14)13-6-4-3-5-7-13/h3-7,12H,8-11H2,1-2H3. The number of aromatic nitrogens is 3. The average Bonchev–Trinajstić information content (AvgIpc) is 2.61. The number of para-hydroxylation sites is 1. The fourth-order valence-corrected chi connectivity index (χ4v) is 2.81. The molecule has 3 rings (SSSR count). The Bertz CT molecular complexity index is 862. The molecule has 0 aliphatic carbocycles. The smallest absolute Gasteiger partial charge is 0.337 e. The van der Waals surface area contributed by atoms with Gasteiger partial charge in [-0.05, 0) is 30.9 Å². The van der Waals surface area contributed by atoms with Gasteiger partial charge in [0.2, 0.25) is 5.69 Å². The van der Waals surface area contributed by atoms with Crippen molar-refractivity contribution in [3.05, 3.63) is 56.9 Å². The van der Waals surface area contributed by atoms with Crippen LogP contribution in [0.4, 0.5) is 0 Å². The topological polar surface area (TPSA) is 77.2 Å². The molecule has 2 heterocycles. The Morgan fingerprint density at radius 3 is 2.38 bits per heavy atom. The summed E-state index contributed by atoms with van der Waals surface area (Å²) >= 11 is 0. The molecule has 24 heavy (non-hydrogen) atoms. The first-order valence-electron chi connectivity index (χ1n) is 8.04. The fourth-order valence-electron chi connectivity index (χ4n) is 2.81. The normalized spacial score (nSPS) is 15.5. The summed E-state index contributed by atoms with van der Waals surface area (Å²) in [6, 6.07) is 8.76. The van der Waals surface area contributed by atoms with Crippen LogP contribution in [-0.2, 0) is 7.05 Å². The molecule has 7 heteroatoms. The molecule has 0 spiro atoms. The van der Waals surface area contributed by atoms with Crippen molar-refractivity contribution in [3.8, 4) is 5.69 Å². The first-order valence-corrected chi connectivity index (χ1v) is 8.04. The molecule has 1 aliphatic heterocycles. The zero-order valence-electron chi connectivity index (χ0n) is 13.8. The van der Waals surface area contributed by atoms with Gasteiger partial charge in [-0.1, -0.05) is 25.1 Å². The predicted molar refractivity (Wildman–Crippen MR) is 89.4 cm³/mol. The highest BCUT2D eigenvalue weighted by atomic mass is 16.2. The minimum atomic E-state index is -0.657. The average molecular weight is 328 g/mol. The van der Waals surface area contributed by atoms with Crippen LogP contribution in [0.2, 0.25) is 0 Å². The Morgan fingerprint density at radius 2 is 1.75 bits per heavy atom. The van der Waals surface area contributed by atoms with Gasteiger partial charge in [0.25, 0.3) is 11.5 Å². The molecule has 1 aromatic heterocycles. The lowest BCUT2D eigenvalue weighted by Gasteiger charge is -2.29.